The van der Waals surface area contributed by atoms with Crippen molar-refractivity contribution in [2.45, 2.75) is 4.90 Å². The fourth-order valence-electron chi connectivity index (χ4n) is 1.18. The van der Waals surface area contributed by atoms with Crippen LogP contribution < -0.4 is 29.6 Å². The monoisotopic (exact) mass is 232 g/mol. The van der Waals surface area contributed by atoms with Gasteiger partial charge in [-0.3, -0.25) is 0 Å². The van der Waals surface area contributed by atoms with Crippen molar-refractivity contribution in [3.05, 3.63) is 42.5 Å². The molecule has 0 fully saturated rings. The van der Waals surface area contributed by atoms with Crippen molar-refractivity contribution < 1.29 is 42.5 Å². The summed E-state index contributed by atoms with van der Waals surface area (Å²) in [5.74, 6) is 0. The van der Waals surface area contributed by atoms with Gasteiger partial charge in [0.2, 0.25) is 0 Å². The van der Waals surface area contributed by atoms with E-state index in [1.54, 1.807) is 6.07 Å². The molecule has 15 heavy (non-hydrogen) atoms. The van der Waals surface area contributed by atoms with Gasteiger partial charge in [-0.05, 0) is 17.2 Å². The summed E-state index contributed by atoms with van der Waals surface area (Å²) in [6, 6.07) is 4.42. The molecular weight excluding hydrogens is 223 g/mol. The largest absolute Gasteiger partial charge is 1.00 e. The Morgan fingerprint density at radius 3 is 2.20 bits per heavy atom. The van der Waals surface area contributed by atoms with Gasteiger partial charge in [0.05, 0.1) is 4.90 Å². The molecule has 0 saturated heterocycles. The van der Waals surface area contributed by atoms with E-state index in [4.69, 9.17) is 0 Å². The van der Waals surface area contributed by atoms with Gasteiger partial charge in [0.15, 0.2) is 0 Å². The first kappa shape index (κ1) is 14.6. The predicted octanol–water partition coefficient (Wildman–Crippen LogP) is -1.12. The molecule has 0 N–H and O–H groups in total. The maximum atomic E-state index is 10.8. The van der Waals surface area contributed by atoms with Crippen LogP contribution in [0.3, 0.4) is 0 Å². The van der Waals surface area contributed by atoms with Crippen molar-refractivity contribution in [1.82, 2.24) is 0 Å². The first-order chi connectivity index (χ1) is 6.50. The molecule has 0 aromatic heterocycles. The molecule has 74 valence electrons. The van der Waals surface area contributed by atoms with Gasteiger partial charge in [0.1, 0.15) is 10.1 Å². The molecule has 0 bridgehead atoms. The summed E-state index contributed by atoms with van der Waals surface area (Å²) in [4.78, 5) is -0.259. The molecule has 1 aromatic carbocycles. The van der Waals surface area contributed by atoms with Crippen LogP contribution in [0, 0.1) is 0 Å². The van der Waals surface area contributed by atoms with E-state index < -0.39 is 10.1 Å². The second-order valence-corrected chi connectivity index (χ2v) is 3.97. The van der Waals surface area contributed by atoms with Crippen LogP contribution >= 0.6 is 0 Å². The summed E-state index contributed by atoms with van der Waals surface area (Å²) < 4.78 is 32.5. The van der Waals surface area contributed by atoms with Crippen LogP contribution in [0.1, 0.15) is 11.1 Å². The van der Waals surface area contributed by atoms with E-state index in [1.807, 2.05) is 0 Å². The molecule has 1 aromatic rings. The molecule has 0 radical (unpaired) electrons. The maximum absolute atomic E-state index is 10.8. The predicted molar refractivity (Wildman–Crippen MR) is 54.6 cm³/mol. The summed E-state index contributed by atoms with van der Waals surface area (Å²) in [5, 5.41) is 0. The van der Waals surface area contributed by atoms with Gasteiger partial charge in [-0.15, -0.1) is 0 Å². The third kappa shape index (κ3) is 3.29. The van der Waals surface area contributed by atoms with E-state index in [0.717, 1.165) is 0 Å². The van der Waals surface area contributed by atoms with Crippen LogP contribution in [-0.2, 0) is 10.1 Å². The van der Waals surface area contributed by atoms with E-state index in [9.17, 15) is 13.0 Å². The van der Waals surface area contributed by atoms with E-state index in [-0.39, 0.29) is 34.5 Å². The van der Waals surface area contributed by atoms with Crippen molar-refractivity contribution in [3.63, 3.8) is 0 Å². The average molecular weight is 232 g/mol. The van der Waals surface area contributed by atoms with Gasteiger partial charge in [-0.25, -0.2) is 8.42 Å². The Labute approximate surface area is 112 Å². The zero-order chi connectivity index (χ0) is 10.8. The Hall–Kier alpha value is -0.390. The molecular formula is C10H9NaO3S. The Kier molecular flexibility index (Phi) is 5.48. The third-order valence-electron chi connectivity index (χ3n) is 1.79. The molecule has 5 heteroatoms. The summed E-state index contributed by atoms with van der Waals surface area (Å²) in [6.07, 6.45) is 2.81. The minimum absolute atomic E-state index is 0. The molecule has 0 aliphatic heterocycles. The molecule has 0 aliphatic rings. The number of hydrogen-bond acceptors (Lipinski definition) is 3. The van der Waals surface area contributed by atoms with Gasteiger partial charge in [0, 0.05) is 0 Å². The van der Waals surface area contributed by atoms with E-state index in [1.165, 1.54) is 24.3 Å². The Morgan fingerprint density at radius 2 is 1.80 bits per heavy atom. The number of hydrogen-bond donors (Lipinski definition) is 0. The minimum Gasteiger partial charge on any atom is -0.744 e. The van der Waals surface area contributed by atoms with Crippen LogP contribution in [0.15, 0.2) is 36.3 Å². The molecule has 0 saturated carbocycles. The van der Waals surface area contributed by atoms with E-state index in [0.29, 0.717) is 11.1 Å². The fraction of sp³-hybridized carbons (Fsp3) is 0. The smallest absolute Gasteiger partial charge is 0.744 e. The number of benzene rings is 1. The van der Waals surface area contributed by atoms with Gasteiger partial charge >= 0.3 is 29.6 Å². The first-order valence-corrected chi connectivity index (χ1v) is 5.25. The third-order valence-corrected chi connectivity index (χ3v) is 2.69. The zero-order valence-electron chi connectivity index (χ0n) is 8.43. The van der Waals surface area contributed by atoms with E-state index in [2.05, 4.69) is 13.2 Å². The Bertz CT molecular complexity index is 477. The number of rotatable bonds is 3. The van der Waals surface area contributed by atoms with Gasteiger partial charge < -0.3 is 4.55 Å². The quantitative estimate of drug-likeness (QED) is 0.490. The summed E-state index contributed by atoms with van der Waals surface area (Å²) in [6.45, 7) is 6.98. The fourth-order valence-corrected chi connectivity index (χ4v) is 1.89. The van der Waals surface area contributed by atoms with Gasteiger partial charge in [-0.1, -0.05) is 37.4 Å². The Balaban J connectivity index is 0.00000196. The van der Waals surface area contributed by atoms with Crippen LogP contribution in [0.25, 0.3) is 12.2 Å². The molecule has 0 heterocycles. The Morgan fingerprint density at radius 1 is 1.20 bits per heavy atom. The van der Waals surface area contributed by atoms with Crippen molar-refractivity contribution >= 4 is 22.3 Å². The average Bonchev–Trinajstić information content (AvgIpc) is 2.15. The normalized spacial score (nSPS) is 10.2. The molecule has 0 amide bonds. The molecule has 0 aliphatic carbocycles. The second kappa shape index (κ2) is 5.63. The van der Waals surface area contributed by atoms with Crippen LogP contribution in [0.4, 0.5) is 0 Å². The maximum Gasteiger partial charge on any atom is 1.00 e. The van der Waals surface area contributed by atoms with Crippen molar-refractivity contribution in [2.24, 2.45) is 0 Å². The van der Waals surface area contributed by atoms with E-state index >= 15 is 0 Å². The molecule has 1 rings (SSSR count). The zero-order valence-corrected chi connectivity index (χ0v) is 11.3. The van der Waals surface area contributed by atoms with Crippen LogP contribution in [0.2, 0.25) is 0 Å². The van der Waals surface area contributed by atoms with Crippen molar-refractivity contribution in [2.75, 3.05) is 0 Å². The topological polar surface area (TPSA) is 57.2 Å². The first-order valence-electron chi connectivity index (χ1n) is 3.84. The minimum atomic E-state index is -4.45. The molecule has 3 nitrogen and oxygen atoms in total. The summed E-state index contributed by atoms with van der Waals surface area (Å²) in [7, 11) is -4.45. The van der Waals surface area contributed by atoms with Crippen LogP contribution in [0.5, 0.6) is 0 Å². The summed E-state index contributed by atoms with van der Waals surface area (Å²) >= 11 is 0. The molecule has 0 unspecified atom stereocenters. The van der Waals surface area contributed by atoms with Crippen molar-refractivity contribution in [3.8, 4) is 0 Å². The molecule has 0 spiro atoms. The van der Waals surface area contributed by atoms with Crippen molar-refractivity contribution in [1.29, 1.82) is 0 Å². The summed E-state index contributed by atoms with van der Waals surface area (Å²) in [5.41, 5.74) is 0.884. The van der Waals surface area contributed by atoms with Gasteiger partial charge in [0.25, 0.3) is 0 Å². The standard InChI is InChI=1S/C10H10O3S.Na/c1-3-8-6-5-7-10(9(8)4-2)14(11,12)13;/h3-7H,1-2H2,(H,11,12,13);/q;+1/p-1. The van der Waals surface area contributed by atoms with Crippen LogP contribution in [-0.4, -0.2) is 13.0 Å². The molecule has 0 atom stereocenters. The second-order valence-electron chi connectivity index (χ2n) is 2.62. The van der Waals surface area contributed by atoms with Gasteiger partial charge in [-0.2, -0.15) is 0 Å². The SMILES string of the molecule is C=Cc1cccc(S(=O)(=O)[O-])c1C=C.[Na+].